The Balaban J connectivity index is 2.83. The summed E-state index contributed by atoms with van der Waals surface area (Å²) in [4.78, 5) is 22.0. The Labute approximate surface area is 114 Å². The van der Waals surface area contributed by atoms with Gasteiger partial charge in [0.1, 0.15) is 11.9 Å². The SMILES string of the molecule is COC(=O)C(CC(C)C)Nc1ccnc(N(C)C)n1. The van der Waals surface area contributed by atoms with Crippen LogP contribution < -0.4 is 10.2 Å². The topological polar surface area (TPSA) is 67.3 Å². The van der Waals surface area contributed by atoms with Crippen LogP contribution in [0.3, 0.4) is 0 Å². The number of ether oxygens (including phenoxy) is 1. The summed E-state index contributed by atoms with van der Waals surface area (Å²) in [5.41, 5.74) is 0. The van der Waals surface area contributed by atoms with Crippen molar-refractivity contribution in [2.24, 2.45) is 5.92 Å². The first-order valence-electron chi connectivity index (χ1n) is 6.28. The summed E-state index contributed by atoms with van der Waals surface area (Å²) in [5.74, 6) is 1.32. The smallest absolute Gasteiger partial charge is 0.328 e. The highest BCUT2D eigenvalue weighted by Gasteiger charge is 2.20. The Morgan fingerprint density at radius 2 is 2.16 bits per heavy atom. The molecule has 0 saturated carbocycles. The number of carbonyl (C=O) groups excluding carboxylic acids is 1. The zero-order valence-electron chi connectivity index (χ0n) is 12.2. The molecule has 0 aromatic carbocycles. The van der Waals surface area contributed by atoms with Gasteiger partial charge in [0.15, 0.2) is 0 Å². The summed E-state index contributed by atoms with van der Waals surface area (Å²) in [7, 11) is 5.12. The van der Waals surface area contributed by atoms with E-state index in [-0.39, 0.29) is 5.97 Å². The van der Waals surface area contributed by atoms with Crippen molar-refractivity contribution in [2.45, 2.75) is 26.3 Å². The van der Waals surface area contributed by atoms with Gasteiger partial charge in [-0.2, -0.15) is 4.98 Å². The van der Waals surface area contributed by atoms with Crippen molar-refractivity contribution in [3.8, 4) is 0 Å². The highest BCUT2D eigenvalue weighted by Crippen LogP contribution is 2.14. The summed E-state index contributed by atoms with van der Waals surface area (Å²) in [6, 6.07) is 1.35. The maximum Gasteiger partial charge on any atom is 0.328 e. The highest BCUT2D eigenvalue weighted by atomic mass is 16.5. The molecular formula is C13H22N4O2. The maximum absolute atomic E-state index is 11.7. The van der Waals surface area contributed by atoms with E-state index in [1.807, 2.05) is 14.1 Å². The number of aromatic nitrogens is 2. The lowest BCUT2D eigenvalue weighted by Gasteiger charge is -2.19. The molecule has 1 heterocycles. The normalized spacial score (nSPS) is 12.1. The molecule has 0 aliphatic carbocycles. The average Bonchev–Trinajstić information content (AvgIpc) is 2.36. The summed E-state index contributed by atoms with van der Waals surface area (Å²) >= 11 is 0. The van der Waals surface area contributed by atoms with Crippen molar-refractivity contribution in [1.82, 2.24) is 9.97 Å². The minimum absolute atomic E-state index is 0.279. The Kier molecular flexibility index (Phi) is 5.54. The summed E-state index contributed by atoms with van der Waals surface area (Å²) < 4.78 is 4.81. The third-order valence-electron chi connectivity index (χ3n) is 2.56. The molecule has 1 aromatic rings. The molecule has 0 saturated heterocycles. The number of hydrogen-bond acceptors (Lipinski definition) is 6. The predicted octanol–water partition coefficient (Wildman–Crippen LogP) is 1.54. The summed E-state index contributed by atoms with van der Waals surface area (Å²) in [5, 5.41) is 3.10. The van der Waals surface area contributed by atoms with Gasteiger partial charge in [0, 0.05) is 20.3 Å². The van der Waals surface area contributed by atoms with Gasteiger partial charge in [-0.25, -0.2) is 9.78 Å². The van der Waals surface area contributed by atoms with Gasteiger partial charge in [0.25, 0.3) is 0 Å². The number of anilines is 2. The second-order valence-corrected chi connectivity index (χ2v) is 4.99. The zero-order chi connectivity index (χ0) is 14.4. The van der Waals surface area contributed by atoms with Crippen molar-refractivity contribution < 1.29 is 9.53 Å². The van der Waals surface area contributed by atoms with Gasteiger partial charge in [-0.15, -0.1) is 0 Å². The number of esters is 1. The van der Waals surface area contributed by atoms with Crippen LogP contribution in [0.5, 0.6) is 0 Å². The molecule has 106 valence electrons. The summed E-state index contributed by atoms with van der Waals surface area (Å²) in [6.07, 6.45) is 2.35. The molecule has 6 heteroatoms. The van der Waals surface area contributed by atoms with Gasteiger partial charge < -0.3 is 15.0 Å². The van der Waals surface area contributed by atoms with Gasteiger partial charge >= 0.3 is 5.97 Å². The van der Waals surface area contributed by atoms with E-state index < -0.39 is 6.04 Å². The molecule has 1 N–H and O–H groups in total. The first kappa shape index (κ1) is 15.2. The van der Waals surface area contributed by atoms with Crippen LogP contribution in [0.1, 0.15) is 20.3 Å². The van der Waals surface area contributed by atoms with Crippen LogP contribution in [0, 0.1) is 5.92 Å². The van der Waals surface area contributed by atoms with Gasteiger partial charge in [-0.1, -0.05) is 13.8 Å². The van der Waals surface area contributed by atoms with Crippen molar-refractivity contribution in [3.63, 3.8) is 0 Å². The average molecular weight is 266 g/mol. The van der Waals surface area contributed by atoms with Gasteiger partial charge in [-0.05, 0) is 18.4 Å². The molecule has 1 atom stereocenters. The lowest BCUT2D eigenvalue weighted by molar-refractivity contribution is -0.141. The molecule has 1 rings (SSSR count). The molecule has 6 nitrogen and oxygen atoms in total. The molecule has 0 spiro atoms. The van der Waals surface area contributed by atoms with Crippen molar-refractivity contribution in [2.75, 3.05) is 31.4 Å². The number of rotatable bonds is 6. The summed E-state index contributed by atoms with van der Waals surface area (Å²) in [6.45, 7) is 4.12. The van der Waals surface area contributed by atoms with Crippen LogP contribution in [0.15, 0.2) is 12.3 Å². The molecule has 0 bridgehead atoms. The Morgan fingerprint density at radius 1 is 1.47 bits per heavy atom. The van der Waals surface area contributed by atoms with Crippen molar-refractivity contribution in [3.05, 3.63) is 12.3 Å². The molecule has 0 amide bonds. The van der Waals surface area contributed by atoms with Crippen molar-refractivity contribution >= 4 is 17.7 Å². The van der Waals surface area contributed by atoms with Gasteiger partial charge in [0.2, 0.25) is 5.95 Å². The van der Waals surface area contributed by atoms with E-state index in [2.05, 4.69) is 29.1 Å². The Hall–Kier alpha value is -1.85. The number of carbonyl (C=O) groups is 1. The molecule has 0 radical (unpaired) electrons. The number of nitrogens with zero attached hydrogens (tertiary/aromatic N) is 3. The molecule has 0 aliphatic rings. The fraction of sp³-hybridized carbons (Fsp3) is 0.615. The van der Waals surface area contributed by atoms with E-state index in [4.69, 9.17) is 4.74 Å². The molecule has 1 aromatic heterocycles. The molecule has 0 fully saturated rings. The first-order valence-corrected chi connectivity index (χ1v) is 6.28. The van der Waals surface area contributed by atoms with E-state index in [0.29, 0.717) is 24.1 Å². The Morgan fingerprint density at radius 3 is 2.68 bits per heavy atom. The molecule has 19 heavy (non-hydrogen) atoms. The fourth-order valence-electron chi connectivity index (χ4n) is 1.65. The first-order chi connectivity index (χ1) is 8.93. The Bertz CT molecular complexity index is 421. The van der Waals surface area contributed by atoms with E-state index in [9.17, 15) is 4.79 Å². The fourth-order valence-corrected chi connectivity index (χ4v) is 1.65. The van der Waals surface area contributed by atoms with E-state index in [1.54, 1.807) is 17.2 Å². The second-order valence-electron chi connectivity index (χ2n) is 4.99. The van der Waals surface area contributed by atoms with E-state index in [1.165, 1.54) is 7.11 Å². The van der Waals surface area contributed by atoms with Gasteiger partial charge in [0.05, 0.1) is 7.11 Å². The van der Waals surface area contributed by atoms with E-state index in [0.717, 1.165) is 0 Å². The third kappa shape index (κ3) is 4.73. The lowest BCUT2D eigenvalue weighted by Crippen LogP contribution is -2.32. The predicted molar refractivity (Wildman–Crippen MR) is 75.2 cm³/mol. The minimum Gasteiger partial charge on any atom is -0.467 e. The zero-order valence-corrected chi connectivity index (χ0v) is 12.2. The van der Waals surface area contributed by atoms with Crippen molar-refractivity contribution in [1.29, 1.82) is 0 Å². The monoisotopic (exact) mass is 266 g/mol. The van der Waals surface area contributed by atoms with E-state index >= 15 is 0 Å². The molecule has 0 aliphatic heterocycles. The molecule has 1 unspecified atom stereocenters. The van der Waals surface area contributed by atoms with Crippen LogP contribution in [-0.4, -0.2) is 43.2 Å². The van der Waals surface area contributed by atoms with Gasteiger partial charge in [-0.3, -0.25) is 0 Å². The number of methoxy groups -OCH3 is 1. The third-order valence-corrected chi connectivity index (χ3v) is 2.56. The highest BCUT2D eigenvalue weighted by molar-refractivity contribution is 5.78. The van der Waals surface area contributed by atoms with Crippen LogP contribution >= 0.6 is 0 Å². The number of hydrogen-bond donors (Lipinski definition) is 1. The molecular weight excluding hydrogens is 244 g/mol. The standard InChI is InChI=1S/C13H22N4O2/c1-9(2)8-10(12(18)19-5)15-11-6-7-14-13(16-11)17(3)4/h6-7,9-10H,8H2,1-5H3,(H,14,15,16). The second kappa shape index (κ2) is 6.92. The maximum atomic E-state index is 11.7. The van der Waals surface area contributed by atoms with Crippen LogP contribution in [-0.2, 0) is 9.53 Å². The number of nitrogens with one attached hydrogen (secondary N) is 1. The minimum atomic E-state index is -0.394. The lowest BCUT2D eigenvalue weighted by atomic mass is 10.0. The van der Waals surface area contributed by atoms with Crippen LogP contribution in [0.4, 0.5) is 11.8 Å². The van der Waals surface area contributed by atoms with Crippen LogP contribution in [0.25, 0.3) is 0 Å². The quantitative estimate of drug-likeness (QED) is 0.788. The van der Waals surface area contributed by atoms with Crippen LogP contribution in [0.2, 0.25) is 0 Å². The largest absolute Gasteiger partial charge is 0.467 e.